The summed E-state index contributed by atoms with van der Waals surface area (Å²) in [6, 6.07) is 25.1. The van der Waals surface area contributed by atoms with Crippen LogP contribution in [0.3, 0.4) is 0 Å². The van der Waals surface area contributed by atoms with Crippen molar-refractivity contribution in [1.29, 1.82) is 0 Å². The Hall–Kier alpha value is -7.86. The van der Waals surface area contributed by atoms with Gasteiger partial charge in [-0.15, -0.1) is 0 Å². The van der Waals surface area contributed by atoms with Crippen molar-refractivity contribution >= 4 is 68.7 Å². The number of esters is 6. The van der Waals surface area contributed by atoms with Gasteiger partial charge in [0.05, 0.1) is 40.1 Å². The first kappa shape index (κ1) is 51.0. The lowest BCUT2D eigenvalue weighted by molar-refractivity contribution is -0.146. The monoisotopic (exact) mass is 987 g/mol. The minimum atomic E-state index is -0.568. The predicted octanol–water partition coefficient (Wildman–Crippen LogP) is 9.31. The summed E-state index contributed by atoms with van der Waals surface area (Å²) in [5.74, 6) is -2.79. The molecule has 2 aliphatic carbocycles. The van der Waals surface area contributed by atoms with Crippen molar-refractivity contribution < 1.29 is 66.7 Å². The second kappa shape index (κ2) is 24.1. The highest BCUT2D eigenvalue weighted by atomic mass is 32.1. The van der Waals surface area contributed by atoms with Crippen molar-refractivity contribution in [1.82, 2.24) is 4.98 Å². The molecule has 0 saturated heterocycles. The molecule has 0 radical (unpaired) electrons. The molecule has 0 bridgehead atoms. The highest BCUT2D eigenvalue weighted by Gasteiger charge is 2.34. The van der Waals surface area contributed by atoms with Crippen molar-refractivity contribution in [2.75, 3.05) is 25.6 Å². The Morgan fingerprint density at radius 1 is 0.592 bits per heavy atom. The number of carbonyl (C=O) groups is 6. The molecule has 18 heteroatoms. The summed E-state index contributed by atoms with van der Waals surface area (Å²) in [5, 5.41) is 6.83. The van der Waals surface area contributed by atoms with E-state index in [9.17, 15) is 28.8 Å². The third kappa shape index (κ3) is 14.4. The third-order valence-corrected chi connectivity index (χ3v) is 12.8. The van der Waals surface area contributed by atoms with Gasteiger partial charge in [0, 0.05) is 23.8 Å². The van der Waals surface area contributed by atoms with E-state index in [4.69, 9.17) is 37.9 Å². The lowest BCUT2D eigenvalue weighted by Crippen LogP contribution is -2.30. The number of benzene rings is 4. The van der Waals surface area contributed by atoms with E-state index < -0.39 is 59.5 Å². The van der Waals surface area contributed by atoms with Gasteiger partial charge in [0.15, 0.2) is 0 Å². The number of thiazole rings is 1. The summed E-state index contributed by atoms with van der Waals surface area (Å²) in [5.41, 5.74) is 1.70. The van der Waals surface area contributed by atoms with Crippen LogP contribution in [0.25, 0.3) is 10.2 Å². The Bertz CT molecular complexity index is 2760. The topological polar surface area (TPSA) is 205 Å². The summed E-state index contributed by atoms with van der Waals surface area (Å²) < 4.78 is 44.7. The van der Waals surface area contributed by atoms with Crippen LogP contribution in [0.5, 0.6) is 34.5 Å². The number of fused-ring (bicyclic) bond motifs is 1. The van der Waals surface area contributed by atoms with E-state index in [2.05, 4.69) is 23.2 Å². The van der Waals surface area contributed by atoms with Crippen LogP contribution in [0.4, 0.5) is 5.13 Å². The first-order valence-electron chi connectivity index (χ1n) is 22.9. The fraction of sp³-hybridized carbons (Fsp3) is 0.321. The maximum atomic E-state index is 13.7. The fourth-order valence-electron chi connectivity index (χ4n) is 7.66. The first-order valence-corrected chi connectivity index (χ1v) is 23.8. The molecule has 1 heterocycles. The summed E-state index contributed by atoms with van der Waals surface area (Å²) in [6.07, 6.45) is 4.79. The van der Waals surface area contributed by atoms with Crippen molar-refractivity contribution in [3.8, 4) is 34.5 Å². The van der Waals surface area contributed by atoms with E-state index in [1.807, 2.05) is 24.3 Å². The van der Waals surface area contributed by atoms with Crippen molar-refractivity contribution in [3.05, 3.63) is 121 Å². The number of hydrazone groups is 1. The molecule has 0 aliphatic heterocycles. The van der Waals surface area contributed by atoms with Crippen LogP contribution in [0.1, 0.15) is 70.8 Å². The van der Waals surface area contributed by atoms with Gasteiger partial charge >= 0.3 is 35.8 Å². The largest absolute Gasteiger partial charge is 0.457 e. The maximum Gasteiger partial charge on any atom is 0.335 e. The normalized spacial score (nSPS) is 17.6. The van der Waals surface area contributed by atoms with Gasteiger partial charge in [-0.25, -0.2) is 19.6 Å². The molecular formula is C53H53N3O14S. The van der Waals surface area contributed by atoms with E-state index in [1.54, 1.807) is 78.8 Å². The maximum absolute atomic E-state index is 13.7. The average molecular weight is 988 g/mol. The number of para-hydroxylation sites is 1. The minimum absolute atomic E-state index is 0.199. The number of anilines is 1. The summed E-state index contributed by atoms with van der Waals surface area (Å²) in [7, 11) is 1.75. The van der Waals surface area contributed by atoms with Crippen LogP contribution in [0.2, 0.25) is 0 Å². The molecule has 71 heavy (non-hydrogen) atoms. The summed E-state index contributed by atoms with van der Waals surface area (Å²) in [6.45, 7) is 9.52. The minimum Gasteiger partial charge on any atom is -0.457 e. The number of aromatic nitrogens is 1. The van der Waals surface area contributed by atoms with Gasteiger partial charge in [-0.2, -0.15) is 5.10 Å². The van der Waals surface area contributed by atoms with Crippen LogP contribution in [0.15, 0.2) is 120 Å². The Balaban J connectivity index is 0.925. The molecule has 0 amide bonds. The number of nitrogens with zero attached hydrogens (tertiary/aromatic N) is 3. The smallest absolute Gasteiger partial charge is 0.335 e. The van der Waals surface area contributed by atoms with Gasteiger partial charge in [0.1, 0.15) is 34.5 Å². The molecule has 0 atom stereocenters. The van der Waals surface area contributed by atoms with Crippen LogP contribution in [-0.2, 0) is 38.2 Å². The zero-order valence-electron chi connectivity index (χ0n) is 39.5. The highest BCUT2D eigenvalue weighted by molar-refractivity contribution is 7.22. The number of ether oxygens (including phenoxy) is 8. The Morgan fingerprint density at radius 2 is 1.00 bits per heavy atom. The van der Waals surface area contributed by atoms with Crippen LogP contribution in [0, 0.1) is 23.7 Å². The van der Waals surface area contributed by atoms with Gasteiger partial charge in [-0.1, -0.05) is 36.6 Å². The number of carbonyl (C=O) groups excluding carboxylic acids is 6. The first-order chi connectivity index (χ1) is 34.2. The summed E-state index contributed by atoms with van der Waals surface area (Å²) in [4.78, 5) is 81.1. The Morgan fingerprint density at radius 3 is 1.45 bits per heavy atom. The molecule has 0 unspecified atom stereocenters. The van der Waals surface area contributed by atoms with E-state index in [0.717, 1.165) is 10.2 Å². The Kier molecular flexibility index (Phi) is 17.3. The zero-order chi connectivity index (χ0) is 50.4. The molecule has 5 aromatic rings. The second-order valence-corrected chi connectivity index (χ2v) is 18.1. The van der Waals surface area contributed by atoms with Gasteiger partial charge in [-0.3, -0.25) is 19.2 Å². The van der Waals surface area contributed by atoms with E-state index >= 15 is 0 Å². The average Bonchev–Trinajstić information content (AvgIpc) is 3.82. The van der Waals surface area contributed by atoms with Crippen LogP contribution in [-0.4, -0.2) is 67.6 Å². The van der Waals surface area contributed by atoms with Crippen molar-refractivity contribution in [2.24, 2.45) is 28.8 Å². The molecular weight excluding hydrogens is 935 g/mol. The predicted molar refractivity (Wildman–Crippen MR) is 261 cm³/mol. The van der Waals surface area contributed by atoms with Crippen molar-refractivity contribution in [3.63, 3.8) is 0 Å². The quantitative estimate of drug-likeness (QED) is 0.0189. The fourth-order valence-corrected chi connectivity index (χ4v) is 8.54. The number of hydrogen-bond acceptors (Lipinski definition) is 18. The standard InChI is InChI=1S/C53H53N3O14S/c1-32(2)47(57)65-30-63-39-18-22-41(23-19-39)67-49(59)34-10-12-36(13-11-34)51(61)69-43-26-27-45(38(28-43)29-54-56(5)53-55-44-8-6-7-9-46(44)71-53)70-52(62)37-16-14-35(15-17-37)50(60)68-42-24-20-40(21-25-42)64-31-66-48(58)33(3)4/h6-9,18-29,34-37H,1,3,10-17,30-31H2,2,4-5H3/b54-29+. The molecule has 1 aromatic heterocycles. The van der Waals surface area contributed by atoms with Gasteiger partial charge in [0.2, 0.25) is 18.7 Å². The number of hydrogen-bond donors (Lipinski definition) is 0. The van der Waals surface area contributed by atoms with Crippen molar-refractivity contribution in [2.45, 2.75) is 65.2 Å². The van der Waals surface area contributed by atoms with Gasteiger partial charge in [0.25, 0.3) is 0 Å². The number of rotatable bonds is 19. The van der Waals surface area contributed by atoms with Crippen LogP contribution < -0.4 is 33.4 Å². The molecule has 2 aliphatic rings. The second-order valence-electron chi connectivity index (χ2n) is 17.1. The molecule has 0 spiro atoms. The lowest BCUT2D eigenvalue weighted by Gasteiger charge is -2.26. The van der Waals surface area contributed by atoms with E-state index in [1.165, 1.54) is 31.4 Å². The summed E-state index contributed by atoms with van der Waals surface area (Å²) >= 11 is 1.46. The molecule has 0 N–H and O–H groups in total. The molecule has 4 aromatic carbocycles. The highest BCUT2D eigenvalue weighted by Crippen LogP contribution is 2.35. The molecule has 370 valence electrons. The molecule has 2 saturated carbocycles. The SMILES string of the molecule is C=C(C)C(=O)OCOc1ccc(OC(=O)C2CCC(C(=O)Oc3ccc(OC(=O)C4CCC(C(=O)Oc5ccc(OCOC(=O)C(=C)C)cc5)CC4)c(/C=N/N(C)c4nc5ccccc5s4)c3)CC2)cc1. The van der Waals surface area contributed by atoms with E-state index in [0.29, 0.717) is 85.1 Å². The van der Waals surface area contributed by atoms with E-state index in [-0.39, 0.29) is 36.2 Å². The van der Waals surface area contributed by atoms with Gasteiger partial charge < -0.3 is 37.9 Å². The van der Waals surface area contributed by atoms with Gasteiger partial charge in [-0.05, 0) is 144 Å². The molecule has 7 rings (SSSR count). The zero-order valence-corrected chi connectivity index (χ0v) is 40.3. The molecule has 17 nitrogen and oxygen atoms in total. The lowest BCUT2D eigenvalue weighted by atomic mass is 9.82. The van der Waals surface area contributed by atoms with Crippen LogP contribution >= 0.6 is 11.3 Å². The molecule has 2 fully saturated rings. The third-order valence-electron chi connectivity index (χ3n) is 11.7. The Labute approximate surface area is 413 Å².